The first-order valence-electron chi connectivity index (χ1n) is 5.23. The average molecular weight is 241 g/mol. The van der Waals surface area contributed by atoms with Crippen molar-refractivity contribution in [2.75, 3.05) is 11.6 Å². The van der Waals surface area contributed by atoms with Crippen LogP contribution < -0.4 is 11.1 Å². The molecule has 0 fully saturated rings. The molecule has 0 bridgehead atoms. The summed E-state index contributed by atoms with van der Waals surface area (Å²) in [4.78, 5) is 11.3. The Balaban J connectivity index is 2.74. The zero-order valence-electron chi connectivity index (χ0n) is 9.64. The van der Waals surface area contributed by atoms with Gasteiger partial charge in [0.25, 0.3) is 0 Å². The van der Waals surface area contributed by atoms with Gasteiger partial charge in [-0.15, -0.1) is 11.6 Å². The third-order valence-corrected chi connectivity index (χ3v) is 2.85. The van der Waals surface area contributed by atoms with Crippen LogP contribution in [0.5, 0.6) is 0 Å². The van der Waals surface area contributed by atoms with Crippen molar-refractivity contribution >= 4 is 23.2 Å². The minimum atomic E-state index is -0.0313. The second-order valence-electron chi connectivity index (χ2n) is 3.79. The first-order valence-corrected chi connectivity index (χ1v) is 5.77. The molecule has 1 aromatic carbocycles. The van der Waals surface area contributed by atoms with E-state index < -0.39 is 0 Å². The Morgan fingerprint density at radius 2 is 2.12 bits per heavy atom. The lowest BCUT2D eigenvalue weighted by Gasteiger charge is -2.12. The molecule has 3 nitrogen and oxygen atoms in total. The van der Waals surface area contributed by atoms with Crippen molar-refractivity contribution in [2.45, 2.75) is 26.8 Å². The highest BCUT2D eigenvalue weighted by Crippen LogP contribution is 2.19. The fourth-order valence-corrected chi connectivity index (χ4v) is 1.72. The number of aryl methyl sites for hydroxylation is 1. The number of anilines is 1. The summed E-state index contributed by atoms with van der Waals surface area (Å²) in [5, 5.41) is 2.83. The van der Waals surface area contributed by atoms with Crippen LogP contribution in [0, 0.1) is 13.8 Å². The maximum atomic E-state index is 11.3. The molecule has 0 radical (unpaired) electrons. The van der Waals surface area contributed by atoms with Gasteiger partial charge in [-0.05, 0) is 36.6 Å². The van der Waals surface area contributed by atoms with Crippen LogP contribution in [-0.4, -0.2) is 11.8 Å². The van der Waals surface area contributed by atoms with Crippen LogP contribution in [0.25, 0.3) is 0 Å². The summed E-state index contributed by atoms with van der Waals surface area (Å²) in [6.45, 7) is 4.49. The maximum Gasteiger partial charge on any atom is 0.221 e. The third-order valence-electron chi connectivity index (χ3n) is 2.66. The fourth-order valence-electron chi connectivity index (χ4n) is 1.54. The molecule has 0 saturated carbocycles. The Bertz CT molecular complexity index is 391. The molecule has 0 spiro atoms. The Hall–Kier alpha value is -1.22. The van der Waals surface area contributed by atoms with E-state index in [9.17, 15) is 4.79 Å². The monoisotopic (exact) mass is 240 g/mol. The van der Waals surface area contributed by atoms with Gasteiger partial charge in [0.05, 0.1) is 0 Å². The van der Waals surface area contributed by atoms with Crippen LogP contribution in [0.4, 0.5) is 5.69 Å². The summed E-state index contributed by atoms with van der Waals surface area (Å²) in [7, 11) is 0. The lowest BCUT2D eigenvalue weighted by Crippen LogP contribution is -2.23. The molecule has 0 unspecified atom stereocenters. The molecule has 1 rings (SSSR count). The van der Waals surface area contributed by atoms with E-state index in [1.54, 1.807) is 0 Å². The molecule has 0 aliphatic carbocycles. The van der Waals surface area contributed by atoms with E-state index in [0.717, 1.165) is 22.4 Å². The highest BCUT2D eigenvalue weighted by atomic mass is 35.5. The number of nitrogens with one attached hydrogen (secondary N) is 1. The van der Waals surface area contributed by atoms with Crippen LogP contribution in [0.15, 0.2) is 12.1 Å². The van der Waals surface area contributed by atoms with Gasteiger partial charge < -0.3 is 11.1 Å². The SMILES string of the molecule is Cc1ccc(N)c(C)c1CNC(=O)CCCl. The number of nitrogens with two attached hydrogens (primary N) is 1. The average Bonchev–Trinajstić information content (AvgIpc) is 2.24. The molecular formula is C12H17ClN2O. The highest BCUT2D eigenvalue weighted by molar-refractivity contribution is 6.18. The zero-order valence-corrected chi connectivity index (χ0v) is 10.4. The summed E-state index contributed by atoms with van der Waals surface area (Å²) in [6.07, 6.45) is 0.349. The second-order valence-corrected chi connectivity index (χ2v) is 4.17. The summed E-state index contributed by atoms with van der Waals surface area (Å²) < 4.78 is 0. The predicted molar refractivity (Wildman–Crippen MR) is 67.5 cm³/mol. The van der Waals surface area contributed by atoms with Gasteiger partial charge in [-0.1, -0.05) is 6.07 Å². The molecule has 1 aromatic rings. The number of rotatable bonds is 4. The smallest absolute Gasteiger partial charge is 0.221 e. The van der Waals surface area contributed by atoms with Crippen LogP contribution in [0.1, 0.15) is 23.1 Å². The van der Waals surface area contributed by atoms with Crippen molar-refractivity contribution in [3.8, 4) is 0 Å². The van der Waals surface area contributed by atoms with Crippen molar-refractivity contribution in [3.63, 3.8) is 0 Å². The number of alkyl halides is 1. The lowest BCUT2D eigenvalue weighted by atomic mass is 10.0. The zero-order chi connectivity index (χ0) is 12.1. The van der Waals surface area contributed by atoms with Gasteiger partial charge in [0, 0.05) is 24.5 Å². The summed E-state index contributed by atoms with van der Waals surface area (Å²) in [6, 6.07) is 3.85. The Labute approximate surface area is 101 Å². The first-order chi connectivity index (χ1) is 7.56. The lowest BCUT2D eigenvalue weighted by molar-refractivity contribution is -0.120. The van der Waals surface area contributed by atoms with E-state index in [0.29, 0.717) is 18.8 Å². The molecular weight excluding hydrogens is 224 g/mol. The van der Waals surface area contributed by atoms with Gasteiger partial charge in [0.2, 0.25) is 5.91 Å². The Morgan fingerprint density at radius 1 is 1.44 bits per heavy atom. The molecule has 0 atom stereocenters. The standard InChI is InChI=1S/C12H17ClN2O/c1-8-3-4-11(14)9(2)10(8)7-15-12(16)5-6-13/h3-4H,5-7,14H2,1-2H3,(H,15,16). The van der Waals surface area contributed by atoms with Crippen LogP contribution >= 0.6 is 11.6 Å². The van der Waals surface area contributed by atoms with Gasteiger partial charge in [-0.3, -0.25) is 4.79 Å². The number of carbonyl (C=O) groups is 1. The molecule has 0 heterocycles. The number of hydrogen-bond donors (Lipinski definition) is 2. The number of amides is 1. The molecule has 16 heavy (non-hydrogen) atoms. The van der Waals surface area contributed by atoms with E-state index >= 15 is 0 Å². The van der Waals surface area contributed by atoms with Gasteiger partial charge >= 0.3 is 0 Å². The highest BCUT2D eigenvalue weighted by Gasteiger charge is 2.07. The number of nitrogen functional groups attached to an aromatic ring is 1. The maximum absolute atomic E-state index is 11.3. The van der Waals surface area contributed by atoms with E-state index in [-0.39, 0.29) is 5.91 Å². The minimum Gasteiger partial charge on any atom is -0.399 e. The van der Waals surface area contributed by atoms with Gasteiger partial charge in [0.15, 0.2) is 0 Å². The van der Waals surface area contributed by atoms with E-state index in [2.05, 4.69) is 5.32 Å². The number of carbonyl (C=O) groups excluding carboxylic acids is 1. The molecule has 88 valence electrons. The van der Waals surface area contributed by atoms with E-state index in [1.807, 2.05) is 26.0 Å². The van der Waals surface area contributed by atoms with Gasteiger partial charge in [-0.2, -0.15) is 0 Å². The first kappa shape index (κ1) is 12.8. The molecule has 0 aliphatic rings. The van der Waals surface area contributed by atoms with Crippen LogP contribution in [-0.2, 0) is 11.3 Å². The molecule has 3 N–H and O–H groups in total. The van der Waals surface area contributed by atoms with Crippen molar-refractivity contribution in [2.24, 2.45) is 0 Å². The molecule has 0 aromatic heterocycles. The van der Waals surface area contributed by atoms with Gasteiger partial charge in [-0.25, -0.2) is 0 Å². The Morgan fingerprint density at radius 3 is 2.75 bits per heavy atom. The van der Waals surface area contributed by atoms with E-state index in [4.69, 9.17) is 17.3 Å². The fraction of sp³-hybridized carbons (Fsp3) is 0.417. The van der Waals surface area contributed by atoms with Crippen molar-refractivity contribution in [1.29, 1.82) is 0 Å². The molecule has 0 aliphatic heterocycles. The van der Waals surface area contributed by atoms with Gasteiger partial charge in [0.1, 0.15) is 0 Å². The third kappa shape index (κ3) is 3.14. The quantitative estimate of drug-likeness (QED) is 0.626. The number of hydrogen-bond acceptors (Lipinski definition) is 2. The second kappa shape index (κ2) is 5.75. The van der Waals surface area contributed by atoms with Crippen LogP contribution in [0.2, 0.25) is 0 Å². The molecule has 1 amide bonds. The van der Waals surface area contributed by atoms with E-state index in [1.165, 1.54) is 0 Å². The predicted octanol–water partition coefficient (Wildman–Crippen LogP) is 2.13. The molecule has 4 heteroatoms. The van der Waals surface area contributed by atoms with Crippen molar-refractivity contribution in [1.82, 2.24) is 5.32 Å². The summed E-state index contributed by atoms with van der Waals surface area (Å²) >= 11 is 5.49. The Kier molecular flexibility index (Phi) is 4.62. The summed E-state index contributed by atoms with van der Waals surface area (Å²) in [5.41, 5.74) is 9.83. The summed E-state index contributed by atoms with van der Waals surface area (Å²) in [5.74, 6) is 0.317. The number of halogens is 1. The molecule has 0 saturated heterocycles. The van der Waals surface area contributed by atoms with Crippen molar-refractivity contribution < 1.29 is 4.79 Å². The topological polar surface area (TPSA) is 55.1 Å². The largest absolute Gasteiger partial charge is 0.399 e. The number of benzene rings is 1. The normalized spacial score (nSPS) is 10.2. The minimum absolute atomic E-state index is 0.0313. The van der Waals surface area contributed by atoms with Crippen LogP contribution in [0.3, 0.4) is 0 Å². The van der Waals surface area contributed by atoms with Crippen molar-refractivity contribution in [3.05, 3.63) is 28.8 Å².